The molecular weight excluding hydrogens is 791 g/mol. The predicted octanol–water partition coefficient (Wildman–Crippen LogP) is 2.16. The summed E-state index contributed by atoms with van der Waals surface area (Å²) in [5.74, 6) is -3.35. The Hall–Kier alpha value is -4.11. The van der Waals surface area contributed by atoms with E-state index in [1.807, 2.05) is 58.2 Å². The summed E-state index contributed by atoms with van der Waals surface area (Å²) in [4.78, 5) is 45.5. The Balaban J connectivity index is 1.20. The second-order valence-corrected chi connectivity index (χ2v) is 17.7. The number of benzene rings is 1. The van der Waals surface area contributed by atoms with Crippen molar-refractivity contribution >= 4 is 28.9 Å². The summed E-state index contributed by atoms with van der Waals surface area (Å²) >= 11 is 0. The number of amides is 1. The number of aliphatic hydroxyl groups is 2. The number of methoxy groups -OCH3 is 1. The quantitative estimate of drug-likeness (QED) is 0.135. The lowest BCUT2D eigenvalue weighted by molar-refractivity contribution is -0.295. The summed E-state index contributed by atoms with van der Waals surface area (Å²) in [5, 5.41) is 42.8. The molecule has 0 radical (unpaired) electrons. The van der Waals surface area contributed by atoms with Gasteiger partial charge in [-0.3, -0.25) is 19.2 Å². The van der Waals surface area contributed by atoms with Crippen molar-refractivity contribution in [2.75, 3.05) is 34.4 Å². The number of carbonyl (C=O) groups is 3. The number of ketones is 1. The molecule has 338 valence electrons. The van der Waals surface area contributed by atoms with Gasteiger partial charge in [0.25, 0.3) is 0 Å². The zero-order valence-electron chi connectivity index (χ0n) is 37.1. The van der Waals surface area contributed by atoms with Crippen LogP contribution in [0.4, 0.5) is 4.79 Å². The highest BCUT2D eigenvalue weighted by Crippen LogP contribution is 2.40. The zero-order chi connectivity index (χ0) is 44.4. The highest BCUT2D eigenvalue weighted by molar-refractivity contribution is 6.00. The van der Waals surface area contributed by atoms with Crippen molar-refractivity contribution in [1.82, 2.24) is 45.1 Å². The summed E-state index contributed by atoms with van der Waals surface area (Å²) in [5.41, 5.74) is 0.0291. The Morgan fingerprint density at radius 1 is 1.02 bits per heavy atom. The van der Waals surface area contributed by atoms with Crippen LogP contribution in [0.1, 0.15) is 79.8 Å². The van der Waals surface area contributed by atoms with Crippen LogP contribution in [0.5, 0.6) is 0 Å². The number of carbonyl (C=O) groups excluding carboxylic acids is 3. The van der Waals surface area contributed by atoms with Crippen molar-refractivity contribution in [2.45, 2.75) is 153 Å². The van der Waals surface area contributed by atoms with E-state index in [9.17, 15) is 24.6 Å². The third-order valence-electron chi connectivity index (χ3n) is 12.9. The lowest BCUT2D eigenvalue weighted by atomic mass is 9.78. The number of nitrogens with one attached hydrogen (secondary N) is 1. The lowest BCUT2D eigenvalue weighted by Gasteiger charge is -2.47. The third kappa shape index (κ3) is 9.62. The Morgan fingerprint density at radius 3 is 2.44 bits per heavy atom. The monoisotopic (exact) mass is 855 g/mol. The zero-order valence-corrected chi connectivity index (χ0v) is 37.1. The average molecular weight is 856 g/mol. The molecule has 0 aliphatic carbocycles. The first-order valence-electron chi connectivity index (χ1n) is 21.4. The molecule has 0 saturated carbocycles. The molecule has 3 aromatic rings. The molecule has 3 N–H and O–H groups in total. The van der Waals surface area contributed by atoms with Gasteiger partial charge in [-0.25, -0.2) is 9.48 Å². The minimum absolute atomic E-state index is 0.0958. The molecule has 19 nitrogen and oxygen atoms in total. The van der Waals surface area contributed by atoms with E-state index in [1.54, 1.807) is 47.1 Å². The van der Waals surface area contributed by atoms with E-state index in [1.165, 1.54) is 14.0 Å². The number of nitrogens with zero attached hydrogens (tertiary/aromatic N) is 8. The van der Waals surface area contributed by atoms with Crippen molar-refractivity contribution in [3.8, 4) is 0 Å². The van der Waals surface area contributed by atoms with Crippen LogP contribution in [0.3, 0.4) is 0 Å². The Kier molecular flexibility index (Phi) is 14.5. The summed E-state index contributed by atoms with van der Waals surface area (Å²) < 4.78 is 34.5. The number of para-hydroxylation sites is 1. The Labute approximate surface area is 357 Å². The fourth-order valence-corrected chi connectivity index (χ4v) is 9.76. The van der Waals surface area contributed by atoms with Crippen LogP contribution < -0.4 is 5.32 Å². The number of hydrogen-bond acceptors (Lipinski definition) is 16. The van der Waals surface area contributed by atoms with Crippen LogP contribution in [0.2, 0.25) is 0 Å². The summed E-state index contributed by atoms with van der Waals surface area (Å²) in [6.07, 6.45) is -2.01. The number of ether oxygens (including phenoxy) is 5. The predicted molar refractivity (Wildman–Crippen MR) is 221 cm³/mol. The van der Waals surface area contributed by atoms with Gasteiger partial charge >= 0.3 is 12.1 Å². The number of fused-ring (bicyclic) bond motifs is 2. The largest absolute Gasteiger partial charge is 0.458 e. The average Bonchev–Trinajstić information content (AvgIpc) is 3.92. The van der Waals surface area contributed by atoms with Gasteiger partial charge in [-0.05, 0) is 86.5 Å². The van der Waals surface area contributed by atoms with Gasteiger partial charge in [0.1, 0.15) is 29.3 Å². The van der Waals surface area contributed by atoms with E-state index in [2.05, 4.69) is 25.9 Å². The molecule has 13 atom stereocenters. The second-order valence-electron chi connectivity index (χ2n) is 17.7. The molecule has 0 bridgehead atoms. The van der Waals surface area contributed by atoms with Crippen LogP contribution >= 0.6 is 0 Å². The maximum atomic E-state index is 14.3. The highest BCUT2D eigenvalue weighted by atomic mass is 16.7. The minimum Gasteiger partial charge on any atom is -0.458 e. The SMILES string of the molecule is CC[C@@H]1OC(=O)[C@H](C)C(=O)[C@H](C)[C@@H](O[C@@H]2OC[C@@H](O)[C@@H](N(C)C)[C@H]2O)[C@@](C)(OC)C[C@@H](C)N[C@@H](C)[C@H]2N(CCCCn3cc(Cn4nnc5ccccc54)nn3)C(=O)O[C@]12C. The van der Waals surface area contributed by atoms with Crippen LogP contribution in [0.15, 0.2) is 30.5 Å². The van der Waals surface area contributed by atoms with E-state index in [4.69, 9.17) is 23.7 Å². The molecule has 6 rings (SSSR count). The third-order valence-corrected chi connectivity index (χ3v) is 12.9. The summed E-state index contributed by atoms with van der Waals surface area (Å²) in [7, 11) is 5.01. The van der Waals surface area contributed by atoms with Crippen molar-refractivity contribution in [1.29, 1.82) is 0 Å². The molecule has 3 fully saturated rings. The first-order chi connectivity index (χ1) is 28.9. The first kappa shape index (κ1) is 46.4. The number of aryl methyl sites for hydroxylation is 1. The van der Waals surface area contributed by atoms with Crippen molar-refractivity contribution in [3.63, 3.8) is 0 Å². The summed E-state index contributed by atoms with van der Waals surface area (Å²) in [6.45, 7) is 13.9. The van der Waals surface area contributed by atoms with E-state index >= 15 is 0 Å². The van der Waals surface area contributed by atoms with E-state index in [0.29, 0.717) is 45.3 Å². The smallest absolute Gasteiger partial charge is 0.410 e. The number of aromatic nitrogens is 6. The lowest BCUT2D eigenvalue weighted by Crippen LogP contribution is -2.64. The normalized spacial score (nSPS) is 35.6. The molecule has 3 aliphatic rings. The van der Waals surface area contributed by atoms with Gasteiger partial charge < -0.3 is 44.1 Å². The number of esters is 1. The number of likely N-dealkylation sites (N-methyl/N-ethyl adjacent to an activating group) is 1. The van der Waals surface area contributed by atoms with Crippen LogP contribution in [-0.4, -0.2) is 168 Å². The van der Waals surface area contributed by atoms with Crippen LogP contribution in [0.25, 0.3) is 11.0 Å². The van der Waals surface area contributed by atoms with Crippen molar-refractivity contribution in [3.05, 3.63) is 36.2 Å². The molecule has 2 aromatic heterocycles. The van der Waals surface area contributed by atoms with E-state index in [-0.39, 0.29) is 18.7 Å². The topological polar surface area (TPSA) is 218 Å². The molecule has 1 amide bonds. The fourth-order valence-electron chi connectivity index (χ4n) is 9.76. The number of rotatable bonds is 12. The van der Waals surface area contributed by atoms with Gasteiger partial charge in [0.05, 0.1) is 54.8 Å². The standard InChI is InChI=1S/C42H65N9O10/c1-11-32-42(7)36(50(40(56)61-42)19-15-14-18-49-21-28(44-46-49)22-51-30-17-13-12-16-29(30)45-47-51)27(5)43-24(2)20-41(6,57-10)37(25(3)34(53)26(4)38(55)59-32)60-39-35(54)33(48(8)9)31(52)23-58-39/h12-13,16-17,21,24-27,31-33,35-37,39,43,52,54H,11,14-15,18-20,22-23H2,1-10H3/t24-,25+,26-,27+,31-,32+,33-,35-,36-,37-,39+,41+,42-/m1/s1. The highest BCUT2D eigenvalue weighted by Gasteiger charge is 2.59. The maximum absolute atomic E-state index is 14.3. The van der Waals surface area contributed by atoms with Crippen LogP contribution in [-0.2, 0) is 46.4 Å². The number of unbranched alkanes of at least 4 members (excludes halogenated alkanes) is 1. The molecule has 0 spiro atoms. The second kappa shape index (κ2) is 19.1. The van der Waals surface area contributed by atoms with Gasteiger partial charge in [-0.15, -0.1) is 10.2 Å². The van der Waals surface area contributed by atoms with Gasteiger partial charge in [-0.1, -0.05) is 36.4 Å². The molecule has 1 aromatic carbocycles. The van der Waals surface area contributed by atoms with Crippen molar-refractivity contribution < 1.29 is 48.3 Å². The number of aliphatic hydroxyl groups excluding tert-OH is 2. The van der Waals surface area contributed by atoms with Gasteiger partial charge in [0, 0.05) is 38.2 Å². The summed E-state index contributed by atoms with van der Waals surface area (Å²) in [6, 6.07) is 5.80. The van der Waals surface area contributed by atoms with E-state index in [0.717, 1.165) is 16.7 Å². The number of cyclic esters (lactones) is 1. The molecule has 5 heterocycles. The molecule has 3 saturated heterocycles. The minimum atomic E-state index is -1.27. The molecule has 61 heavy (non-hydrogen) atoms. The molecule has 3 aliphatic heterocycles. The first-order valence-corrected chi connectivity index (χ1v) is 21.4. The maximum Gasteiger partial charge on any atom is 0.410 e. The van der Waals surface area contributed by atoms with Gasteiger partial charge in [-0.2, -0.15) is 0 Å². The number of hydrogen-bond donors (Lipinski definition) is 3. The molecule has 19 heteroatoms. The van der Waals surface area contributed by atoms with Gasteiger partial charge in [0.2, 0.25) is 0 Å². The Morgan fingerprint density at radius 2 is 1.74 bits per heavy atom. The van der Waals surface area contributed by atoms with E-state index < -0.39 is 83.7 Å². The molecular formula is C42H65N9O10. The number of Topliss-reactive ketones (excluding diaryl/α,β-unsaturated/α-hetero) is 1. The van der Waals surface area contributed by atoms with Crippen LogP contribution in [0, 0.1) is 11.8 Å². The fraction of sp³-hybridized carbons (Fsp3) is 0.738. The molecule has 0 unspecified atom stereocenters. The van der Waals surface area contributed by atoms with Crippen molar-refractivity contribution in [2.24, 2.45) is 11.8 Å². The Bertz CT molecular complexity index is 1980. The van der Waals surface area contributed by atoms with Gasteiger partial charge in [0.15, 0.2) is 17.7 Å².